The van der Waals surface area contributed by atoms with Gasteiger partial charge in [0, 0.05) is 12.0 Å². The highest BCUT2D eigenvalue weighted by atomic mass is 19.4. The highest BCUT2D eigenvalue weighted by Gasteiger charge is 2.30. The van der Waals surface area contributed by atoms with Gasteiger partial charge in [-0.2, -0.15) is 13.2 Å². The maximum absolute atomic E-state index is 12.3. The molecule has 0 heterocycles. The first-order valence-electron chi connectivity index (χ1n) is 5.65. The maximum atomic E-state index is 12.3. The molecule has 4 heteroatoms. The monoisotopic (exact) mass is 254 g/mol. The molecule has 0 unspecified atom stereocenters. The number of carbonyl (C=O) groups excluding carboxylic acids is 1. The summed E-state index contributed by atoms with van der Waals surface area (Å²) in [6.45, 7) is 2.01. The number of Topliss-reactive ketones (excluding diaryl/α,β-unsaturated/α-hetero) is 1. The number of rotatable bonds is 3. The van der Waals surface area contributed by atoms with Crippen molar-refractivity contribution in [3.8, 4) is 11.8 Å². The number of halogens is 3. The predicted octanol–water partition coefficient (Wildman–Crippen LogP) is 4.08. The molecule has 1 nitrogen and oxygen atoms in total. The molecule has 0 bridgehead atoms. The summed E-state index contributed by atoms with van der Waals surface area (Å²) in [6, 6.07) is 4.08. The third-order valence-electron chi connectivity index (χ3n) is 2.33. The van der Waals surface area contributed by atoms with Gasteiger partial charge in [0.05, 0.1) is 5.56 Å². The molecule has 0 amide bonds. The Morgan fingerprint density at radius 2 is 1.83 bits per heavy atom. The zero-order valence-corrected chi connectivity index (χ0v) is 9.97. The number of unbranched alkanes of at least 4 members (excludes halogenated alkanes) is 2. The zero-order chi connectivity index (χ0) is 13.6. The topological polar surface area (TPSA) is 17.1 Å². The summed E-state index contributed by atoms with van der Waals surface area (Å²) in [4.78, 5) is 11.5. The molecular formula is C14H13F3O. The molecule has 0 aliphatic heterocycles. The summed E-state index contributed by atoms with van der Waals surface area (Å²) in [5, 5.41) is 0. The molecular weight excluding hydrogens is 241 g/mol. The first-order chi connectivity index (χ1) is 8.45. The summed E-state index contributed by atoms with van der Waals surface area (Å²) < 4.78 is 36.9. The van der Waals surface area contributed by atoms with Crippen molar-refractivity contribution in [2.75, 3.05) is 0 Å². The fraction of sp³-hybridized carbons (Fsp3) is 0.357. The number of benzene rings is 1. The molecule has 0 N–H and O–H groups in total. The fourth-order valence-corrected chi connectivity index (χ4v) is 1.29. The van der Waals surface area contributed by atoms with Gasteiger partial charge in [-0.1, -0.05) is 19.3 Å². The number of hydrogen-bond acceptors (Lipinski definition) is 1. The van der Waals surface area contributed by atoms with Crippen LogP contribution in [0.1, 0.15) is 42.1 Å². The van der Waals surface area contributed by atoms with E-state index >= 15 is 0 Å². The van der Waals surface area contributed by atoms with Crippen LogP contribution < -0.4 is 0 Å². The highest BCUT2D eigenvalue weighted by molar-refractivity contribution is 6.08. The first kappa shape index (κ1) is 14.3. The molecule has 1 rings (SSSR count). The Kier molecular flexibility index (Phi) is 4.96. The molecule has 0 fully saturated rings. The molecule has 0 radical (unpaired) electrons. The second kappa shape index (κ2) is 6.25. The van der Waals surface area contributed by atoms with E-state index in [1.165, 1.54) is 0 Å². The molecule has 0 aliphatic rings. The molecule has 0 spiro atoms. The molecule has 0 aliphatic carbocycles. The summed E-state index contributed by atoms with van der Waals surface area (Å²) in [7, 11) is 0. The third kappa shape index (κ3) is 4.25. The Bertz CT molecular complexity index is 461. The van der Waals surface area contributed by atoms with Crippen molar-refractivity contribution in [3.63, 3.8) is 0 Å². The van der Waals surface area contributed by atoms with Crippen molar-refractivity contribution in [2.24, 2.45) is 0 Å². The minimum atomic E-state index is -4.38. The van der Waals surface area contributed by atoms with Gasteiger partial charge in [-0.25, -0.2) is 0 Å². The van der Waals surface area contributed by atoms with Gasteiger partial charge in [-0.15, -0.1) is 0 Å². The lowest BCUT2D eigenvalue weighted by Gasteiger charge is -2.05. The van der Waals surface area contributed by atoms with Crippen molar-refractivity contribution in [2.45, 2.75) is 32.4 Å². The van der Waals surface area contributed by atoms with Crippen molar-refractivity contribution < 1.29 is 18.0 Å². The third-order valence-corrected chi connectivity index (χ3v) is 2.33. The normalized spacial score (nSPS) is 10.7. The predicted molar refractivity (Wildman–Crippen MR) is 63.1 cm³/mol. The summed E-state index contributed by atoms with van der Waals surface area (Å²) in [6.07, 6.45) is -1.85. The lowest BCUT2D eigenvalue weighted by atomic mass is 10.1. The Morgan fingerprint density at radius 3 is 2.33 bits per heavy atom. The minimum Gasteiger partial charge on any atom is -0.279 e. The number of ketones is 1. The van der Waals surface area contributed by atoms with E-state index in [2.05, 4.69) is 11.8 Å². The van der Waals surface area contributed by atoms with Gasteiger partial charge in [0.1, 0.15) is 0 Å². The highest BCUT2D eigenvalue weighted by Crippen LogP contribution is 2.29. The van der Waals surface area contributed by atoms with Crippen LogP contribution in [0.5, 0.6) is 0 Å². The van der Waals surface area contributed by atoms with E-state index in [-0.39, 0.29) is 5.56 Å². The second-order valence-corrected chi connectivity index (χ2v) is 3.81. The quantitative estimate of drug-likeness (QED) is 0.344. The van der Waals surface area contributed by atoms with E-state index in [0.717, 1.165) is 37.1 Å². The first-order valence-corrected chi connectivity index (χ1v) is 5.65. The summed E-state index contributed by atoms with van der Waals surface area (Å²) >= 11 is 0. The molecule has 96 valence electrons. The van der Waals surface area contributed by atoms with Crippen LogP contribution in [-0.4, -0.2) is 5.78 Å². The number of alkyl halides is 3. The molecule has 0 aromatic heterocycles. The standard InChI is InChI=1S/C14H13F3O/c1-2-3-4-5-6-13(18)11-7-9-12(10-8-11)14(15,16)17/h7-10H,2-4H2,1H3. The lowest BCUT2D eigenvalue weighted by molar-refractivity contribution is -0.137. The molecule has 1 aromatic rings. The van der Waals surface area contributed by atoms with Gasteiger partial charge in [0.2, 0.25) is 5.78 Å². The van der Waals surface area contributed by atoms with Gasteiger partial charge >= 0.3 is 6.18 Å². The minimum absolute atomic E-state index is 0.187. The van der Waals surface area contributed by atoms with E-state index in [1.807, 2.05) is 6.92 Å². The van der Waals surface area contributed by atoms with Crippen LogP contribution in [0.2, 0.25) is 0 Å². The van der Waals surface area contributed by atoms with Gasteiger partial charge in [0.25, 0.3) is 0 Å². The molecule has 1 aromatic carbocycles. The number of carbonyl (C=O) groups is 1. The van der Waals surface area contributed by atoms with Crippen molar-refractivity contribution in [1.29, 1.82) is 0 Å². The Labute approximate surface area is 104 Å². The van der Waals surface area contributed by atoms with Gasteiger partial charge in [-0.3, -0.25) is 4.79 Å². The van der Waals surface area contributed by atoms with Crippen LogP contribution in [-0.2, 0) is 6.18 Å². The number of hydrogen-bond donors (Lipinski definition) is 0. The van der Waals surface area contributed by atoms with E-state index in [0.29, 0.717) is 6.42 Å². The van der Waals surface area contributed by atoms with E-state index in [4.69, 9.17) is 0 Å². The van der Waals surface area contributed by atoms with Crippen molar-refractivity contribution in [3.05, 3.63) is 35.4 Å². The molecule has 0 atom stereocenters. The Morgan fingerprint density at radius 1 is 1.22 bits per heavy atom. The van der Waals surface area contributed by atoms with Crippen LogP contribution in [0, 0.1) is 11.8 Å². The maximum Gasteiger partial charge on any atom is 0.416 e. The average molecular weight is 254 g/mol. The molecule has 0 saturated heterocycles. The smallest absolute Gasteiger partial charge is 0.279 e. The van der Waals surface area contributed by atoms with Crippen molar-refractivity contribution >= 4 is 5.78 Å². The van der Waals surface area contributed by atoms with Gasteiger partial charge < -0.3 is 0 Å². The largest absolute Gasteiger partial charge is 0.416 e. The molecule has 0 saturated carbocycles. The van der Waals surface area contributed by atoms with Crippen LogP contribution in [0.15, 0.2) is 24.3 Å². The van der Waals surface area contributed by atoms with Gasteiger partial charge in [0.15, 0.2) is 0 Å². The van der Waals surface area contributed by atoms with Gasteiger partial charge in [-0.05, 0) is 36.6 Å². The SMILES string of the molecule is CCCCC#CC(=O)c1ccc(C(F)(F)F)cc1. The van der Waals surface area contributed by atoms with E-state index in [1.54, 1.807) is 0 Å². The Balaban J connectivity index is 2.73. The Hall–Kier alpha value is -1.76. The van der Waals surface area contributed by atoms with E-state index in [9.17, 15) is 18.0 Å². The van der Waals surface area contributed by atoms with Crippen LogP contribution in [0.4, 0.5) is 13.2 Å². The summed E-state index contributed by atoms with van der Waals surface area (Å²) in [5.74, 6) is 4.68. The van der Waals surface area contributed by atoms with Crippen LogP contribution in [0.25, 0.3) is 0 Å². The van der Waals surface area contributed by atoms with E-state index < -0.39 is 17.5 Å². The van der Waals surface area contributed by atoms with Crippen molar-refractivity contribution in [1.82, 2.24) is 0 Å². The molecule has 18 heavy (non-hydrogen) atoms. The lowest BCUT2D eigenvalue weighted by Crippen LogP contribution is -2.05. The average Bonchev–Trinajstić information content (AvgIpc) is 2.33. The zero-order valence-electron chi connectivity index (χ0n) is 9.97. The van der Waals surface area contributed by atoms with Crippen LogP contribution in [0.3, 0.4) is 0 Å². The fourth-order valence-electron chi connectivity index (χ4n) is 1.29. The summed E-state index contributed by atoms with van der Waals surface area (Å²) in [5.41, 5.74) is -0.579. The second-order valence-electron chi connectivity index (χ2n) is 3.81. The van der Waals surface area contributed by atoms with Crippen LogP contribution >= 0.6 is 0 Å².